The van der Waals surface area contributed by atoms with Crippen LogP contribution in [0.2, 0.25) is 0 Å². The van der Waals surface area contributed by atoms with Gasteiger partial charge in [-0.15, -0.1) is 0 Å². The second-order valence-electron chi connectivity index (χ2n) is 9.89. The third-order valence-corrected chi connectivity index (χ3v) is 8.42. The van der Waals surface area contributed by atoms with Gasteiger partial charge in [-0.1, -0.05) is 27.7 Å². The smallest absolute Gasteiger partial charge is 0.138 e. The summed E-state index contributed by atoms with van der Waals surface area (Å²) in [5, 5.41) is 0. The molecule has 0 saturated heterocycles. The van der Waals surface area contributed by atoms with Gasteiger partial charge in [-0.2, -0.15) is 0 Å². The van der Waals surface area contributed by atoms with Gasteiger partial charge in [-0.25, -0.2) is 0 Å². The van der Waals surface area contributed by atoms with E-state index in [9.17, 15) is 4.79 Å². The molecule has 1 aromatic rings. The van der Waals surface area contributed by atoms with Crippen molar-refractivity contribution in [2.45, 2.75) is 72.1 Å². The molecule has 0 amide bonds. The average Bonchev–Trinajstić information content (AvgIpc) is 2.86. The number of Topliss-reactive ketones (excluding diaryl/α,β-unsaturated/α-hetero) is 1. The summed E-state index contributed by atoms with van der Waals surface area (Å²) in [6.07, 6.45) is 5.33. The van der Waals surface area contributed by atoms with Crippen LogP contribution in [-0.4, -0.2) is 12.9 Å². The zero-order valence-corrected chi connectivity index (χ0v) is 16.7. The van der Waals surface area contributed by atoms with Crippen molar-refractivity contribution in [2.24, 2.45) is 22.7 Å². The molecule has 3 aliphatic carbocycles. The molecule has 0 N–H and O–H groups in total. The molecule has 2 saturated carbocycles. The summed E-state index contributed by atoms with van der Waals surface area (Å²) in [5.41, 5.74) is 4.77. The second-order valence-corrected chi connectivity index (χ2v) is 9.89. The van der Waals surface area contributed by atoms with E-state index in [1.165, 1.54) is 24.0 Å². The number of fused-ring (bicyclic) bond motifs is 5. The topological polar surface area (TPSA) is 26.3 Å². The Morgan fingerprint density at radius 2 is 1.80 bits per heavy atom. The first kappa shape index (κ1) is 17.1. The molecule has 0 aromatic heterocycles. The standard InChI is InChI=1S/C23H32O2/c1-14-11-16(25-6)12-15-13-18-22(4)10-8-19(24)21(2,3)17(22)7-9-23(18,5)20(14)15/h11-12,17-18H,7-10,13H2,1-6H3/t17-,18+,22-,23+/m0/s1. The van der Waals surface area contributed by atoms with Gasteiger partial charge in [0.15, 0.2) is 0 Å². The summed E-state index contributed by atoms with van der Waals surface area (Å²) in [6.45, 7) is 11.6. The number of methoxy groups -OCH3 is 1. The molecule has 4 rings (SSSR count). The Hall–Kier alpha value is -1.31. The molecule has 0 radical (unpaired) electrons. The molecule has 0 unspecified atom stereocenters. The van der Waals surface area contributed by atoms with Crippen molar-refractivity contribution in [3.8, 4) is 5.75 Å². The van der Waals surface area contributed by atoms with Crippen LogP contribution in [0.15, 0.2) is 12.1 Å². The number of carbonyl (C=O) groups is 1. The summed E-state index contributed by atoms with van der Waals surface area (Å²) < 4.78 is 5.54. The van der Waals surface area contributed by atoms with Crippen molar-refractivity contribution >= 4 is 5.78 Å². The summed E-state index contributed by atoms with van der Waals surface area (Å²) >= 11 is 0. The zero-order chi connectivity index (χ0) is 18.2. The average molecular weight is 341 g/mol. The summed E-state index contributed by atoms with van der Waals surface area (Å²) in [6, 6.07) is 4.47. The Labute approximate surface area is 152 Å². The van der Waals surface area contributed by atoms with Crippen LogP contribution in [-0.2, 0) is 16.6 Å². The fraction of sp³-hybridized carbons (Fsp3) is 0.696. The molecule has 3 aliphatic rings. The fourth-order valence-electron chi connectivity index (χ4n) is 7.25. The molecular weight excluding hydrogens is 308 g/mol. The van der Waals surface area contributed by atoms with Crippen LogP contribution in [0.3, 0.4) is 0 Å². The predicted octanol–water partition coefficient (Wildman–Crippen LogP) is 5.24. The van der Waals surface area contributed by atoms with Crippen LogP contribution >= 0.6 is 0 Å². The van der Waals surface area contributed by atoms with Crippen LogP contribution in [0.1, 0.15) is 70.1 Å². The van der Waals surface area contributed by atoms with Crippen molar-refractivity contribution in [2.75, 3.05) is 7.11 Å². The maximum absolute atomic E-state index is 12.6. The molecule has 2 fully saturated rings. The van der Waals surface area contributed by atoms with E-state index in [1.54, 1.807) is 12.7 Å². The van der Waals surface area contributed by atoms with E-state index in [2.05, 4.69) is 46.8 Å². The number of ether oxygens (including phenoxy) is 1. The third kappa shape index (κ3) is 2.06. The number of benzene rings is 1. The van der Waals surface area contributed by atoms with Crippen molar-refractivity contribution in [1.29, 1.82) is 0 Å². The van der Waals surface area contributed by atoms with E-state index in [0.717, 1.165) is 25.0 Å². The van der Waals surface area contributed by atoms with Crippen molar-refractivity contribution < 1.29 is 9.53 Å². The molecule has 0 aliphatic heterocycles. The highest BCUT2D eigenvalue weighted by Crippen LogP contribution is 2.67. The highest BCUT2D eigenvalue weighted by molar-refractivity contribution is 5.85. The lowest BCUT2D eigenvalue weighted by atomic mass is 9.43. The Bertz CT molecular complexity index is 747. The molecule has 0 spiro atoms. The van der Waals surface area contributed by atoms with E-state index >= 15 is 0 Å². The van der Waals surface area contributed by atoms with E-state index < -0.39 is 0 Å². The molecule has 2 nitrogen and oxygen atoms in total. The number of rotatable bonds is 1. The van der Waals surface area contributed by atoms with Gasteiger partial charge in [0.05, 0.1) is 7.11 Å². The van der Waals surface area contributed by atoms with Gasteiger partial charge in [0.1, 0.15) is 11.5 Å². The number of carbonyl (C=O) groups excluding carboxylic acids is 1. The van der Waals surface area contributed by atoms with Gasteiger partial charge in [0.2, 0.25) is 0 Å². The van der Waals surface area contributed by atoms with E-state index in [-0.39, 0.29) is 16.2 Å². The lowest BCUT2D eigenvalue weighted by molar-refractivity contribution is -0.151. The van der Waals surface area contributed by atoms with Crippen molar-refractivity contribution in [1.82, 2.24) is 0 Å². The summed E-state index contributed by atoms with van der Waals surface area (Å²) in [5.74, 6) is 2.61. The summed E-state index contributed by atoms with van der Waals surface area (Å²) in [4.78, 5) is 12.6. The fourth-order valence-corrected chi connectivity index (χ4v) is 7.25. The lowest BCUT2D eigenvalue weighted by Gasteiger charge is -2.60. The Balaban J connectivity index is 1.83. The van der Waals surface area contributed by atoms with Crippen LogP contribution in [0.5, 0.6) is 5.75 Å². The van der Waals surface area contributed by atoms with E-state index in [1.807, 2.05) is 0 Å². The number of hydrogen-bond donors (Lipinski definition) is 0. The molecule has 2 heteroatoms. The van der Waals surface area contributed by atoms with Crippen LogP contribution in [0.4, 0.5) is 0 Å². The molecule has 136 valence electrons. The van der Waals surface area contributed by atoms with E-state index in [4.69, 9.17) is 4.74 Å². The van der Waals surface area contributed by atoms with Crippen LogP contribution < -0.4 is 4.74 Å². The van der Waals surface area contributed by atoms with Gasteiger partial charge in [-0.05, 0) is 84.1 Å². The Morgan fingerprint density at radius 1 is 1.08 bits per heavy atom. The van der Waals surface area contributed by atoms with Crippen LogP contribution in [0.25, 0.3) is 0 Å². The third-order valence-electron chi connectivity index (χ3n) is 8.42. The quantitative estimate of drug-likeness (QED) is 0.699. The first-order valence-corrected chi connectivity index (χ1v) is 9.86. The maximum atomic E-state index is 12.6. The van der Waals surface area contributed by atoms with Gasteiger partial charge < -0.3 is 4.74 Å². The first-order valence-electron chi connectivity index (χ1n) is 9.86. The molecule has 0 heterocycles. The minimum absolute atomic E-state index is 0.171. The highest BCUT2D eigenvalue weighted by Gasteiger charge is 2.62. The number of hydrogen-bond acceptors (Lipinski definition) is 2. The second kappa shape index (κ2) is 5.11. The normalized spacial score (nSPS) is 38.7. The minimum atomic E-state index is -0.171. The monoisotopic (exact) mass is 340 g/mol. The van der Waals surface area contributed by atoms with Gasteiger partial charge in [0, 0.05) is 11.8 Å². The minimum Gasteiger partial charge on any atom is -0.497 e. The summed E-state index contributed by atoms with van der Waals surface area (Å²) in [7, 11) is 1.76. The van der Waals surface area contributed by atoms with Gasteiger partial charge >= 0.3 is 0 Å². The maximum Gasteiger partial charge on any atom is 0.138 e. The van der Waals surface area contributed by atoms with Crippen molar-refractivity contribution in [3.05, 3.63) is 28.8 Å². The van der Waals surface area contributed by atoms with Crippen LogP contribution in [0, 0.1) is 29.6 Å². The number of aryl methyl sites for hydroxylation is 1. The lowest BCUT2D eigenvalue weighted by Crippen LogP contribution is -2.57. The largest absolute Gasteiger partial charge is 0.497 e. The van der Waals surface area contributed by atoms with E-state index in [0.29, 0.717) is 17.6 Å². The SMILES string of the molecule is COc1cc(C)c2c(c1)C[C@@H]1[C@@]3(C)CCC(=O)C(C)(C)[C@@H]3CC[C@@]21C. The highest BCUT2D eigenvalue weighted by atomic mass is 16.5. The molecule has 0 bridgehead atoms. The Morgan fingerprint density at radius 3 is 2.48 bits per heavy atom. The number of ketones is 1. The molecule has 25 heavy (non-hydrogen) atoms. The first-order chi connectivity index (χ1) is 11.6. The van der Waals surface area contributed by atoms with Crippen molar-refractivity contribution in [3.63, 3.8) is 0 Å². The Kier molecular flexibility index (Phi) is 3.50. The molecular formula is C23H32O2. The van der Waals surface area contributed by atoms with Gasteiger partial charge in [0.25, 0.3) is 0 Å². The molecule has 1 aromatic carbocycles. The molecule has 4 atom stereocenters. The van der Waals surface area contributed by atoms with Gasteiger partial charge in [-0.3, -0.25) is 4.79 Å². The zero-order valence-electron chi connectivity index (χ0n) is 16.7. The predicted molar refractivity (Wildman–Crippen MR) is 101 cm³/mol.